The highest BCUT2D eigenvalue weighted by Gasteiger charge is 2.43. The number of carbonyl (C=O) groups excluding carboxylic acids is 5. The van der Waals surface area contributed by atoms with E-state index in [2.05, 4.69) is 16.0 Å². The van der Waals surface area contributed by atoms with E-state index in [4.69, 9.17) is 9.84 Å². The molecule has 44 heavy (non-hydrogen) atoms. The Balaban J connectivity index is 1.81. The van der Waals surface area contributed by atoms with Crippen molar-refractivity contribution in [1.29, 1.82) is 0 Å². The molecule has 2 heterocycles. The van der Waals surface area contributed by atoms with E-state index in [1.54, 1.807) is 20.8 Å². The Bertz CT molecular complexity index is 1020. The molecule has 0 aliphatic carbocycles. The summed E-state index contributed by atoms with van der Waals surface area (Å²) in [4.78, 5) is 64.2. The summed E-state index contributed by atoms with van der Waals surface area (Å²) in [6.45, 7) is 8.49. The molecule has 2 rings (SSSR count). The quantitative estimate of drug-likeness (QED) is 0.0434. The number of imide groups is 1. The number of nitrogens with one attached hydrogen (secondary N) is 3. The van der Waals surface area contributed by atoms with Crippen LogP contribution in [0.4, 0.5) is 0 Å². The predicted molar refractivity (Wildman–Crippen MR) is 159 cm³/mol. The van der Waals surface area contributed by atoms with Crippen molar-refractivity contribution in [3.8, 4) is 0 Å². The number of likely N-dealkylation sites (tertiary alicyclic amines) is 1. The average molecular weight is 649 g/mol. The summed E-state index contributed by atoms with van der Waals surface area (Å²) in [5.74, 6) is -3.61. The van der Waals surface area contributed by atoms with Gasteiger partial charge in [0.15, 0.2) is 24.1 Å². The molecule has 9 atom stereocenters. The number of unbranched alkanes of at least 4 members (excludes halogenated alkanes) is 1. The van der Waals surface area contributed by atoms with Gasteiger partial charge in [-0.3, -0.25) is 34.2 Å². The van der Waals surface area contributed by atoms with Gasteiger partial charge >= 0.3 is 0 Å². The van der Waals surface area contributed by atoms with E-state index in [1.807, 2.05) is 13.8 Å². The smallest absolute Gasteiger partial charge is 0.242 e. The first kappa shape index (κ1) is 38.2. The van der Waals surface area contributed by atoms with Crippen LogP contribution < -0.4 is 16.0 Å². The maximum Gasteiger partial charge on any atom is 0.242 e. The van der Waals surface area contributed by atoms with Crippen molar-refractivity contribution in [2.24, 2.45) is 17.8 Å². The molecule has 0 radical (unpaired) electrons. The van der Waals surface area contributed by atoms with Gasteiger partial charge in [0, 0.05) is 24.8 Å². The van der Waals surface area contributed by atoms with Crippen LogP contribution in [0.15, 0.2) is 0 Å². The van der Waals surface area contributed by atoms with Gasteiger partial charge < -0.3 is 40.9 Å². The fourth-order valence-corrected chi connectivity index (χ4v) is 5.67. The molecule has 5 unspecified atom stereocenters. The first-order valence-corrected chi connectivity index (χ1v) is 16.0. The molecular formula is C28H48N4O11S. The lowest BCUT2D eigenvalue weighted by atomic mass is 9.96. The number of hydrogen-bond acceptors (Lipinski definition) is 14. The molecule has 3 amide bonds. The summed E-state index contributed by atoms with van der Waals surface area (Å²) >= 11 is 0.909. The lowest BCUT2D eigenvalue weighted by molar-refractivity contribution is -0.254. The summed E-state index contributed by atoms with van der Waals surface area (Å²) in [5, 5.41) is 56.9. The van der Waals surface area contributed by atoms with E-state index in [-0.39, 0.29) is 31.2 Å². The second-order valence-corrected chi connectivity index (χ2v) is 13.1. The fourth-order valence-electron chi connectivity index (χ4n) is 4.62. The summed E-state index contributed by atoms with van der Waals surface area (Å²) in [6, 6.07) is -0.996. The topological polar surface area (TPSA) is 235 Å². The van der Waals surface area contributed by atoms with E-state index in [1.165, 1.54) is 0 Å². The zero-order chi connectivity index (χ0) is 33.3. The Morgan fingerprint density at radius 3 is 2.30 bits per heavy atom. The number of carbonyl (C=O) groups is 5. The van der Waals surface area contributed by atoms with Crippen LogP contribution in [-0.2, 0) is 28.7 Å². The first-order chi connectivity index (χ1) is 20.6. The highest BCUT2D eigenvalue weighted by Crippen LogP contribution is 2.26. The van der Waals surface area contributed by atoms with Crippen molar-refractivity contribution in [2.75, 3.05) is 25.4 Å². The van der Waals surface area contributed by atoms with Crippen LogP contribution >= 0.6 is 11.8 Å². The third kappa shape index (κ3) is 10.3. The van der Waals surface area contributed by atoms with Crippen LogP contribution in [-0.4, -0.2) is 133 Å². The number of rotatable bonds is 18. The third-order valence-corrected chi connectivity index (χ3v) is 9.12. The van der Waals surface area contributed by atoms with Gasteiger partial charge in [0.25, 0.3) is 0 Å². The maximum absolute atomic E-state index is 12.8. The van der Waals surface area contributed by atoms with Crippen molar-refractivity contribution in [3.05, 3.63) is 0 Å². The minimum Gasteiger partial charge on any atom is -0.394 e. The van der Waals surface area contributed by atoms with Crippen molar-refractivity contribution in [1.82, 2.24) is 20.9 Å². The minimum absolute atomic E-state index is 0.00613. The van der Waals surface area contributed by atoms with Crippen LogP contribution in [0.3, 0.4) is 0 Å². The number of nitrogens with zero attached hydrogens (tertiary/aromatic N) is 1. The Morgan fingerprint density at radius 1 is 1.05 bits per heavy atom. The number of aliphatic hydroxyl groups excluding tert-OH is 5. The van der Waals surface area contributed by atoms with Crippen LogP contribution in [0.1, 0.15) is 53.9 Å². The Hall–Kier alpha value is -2.02. The van der Waals surface area contributed by atoms with Crippen molar-refractivity contribution in [3.63, 3.8) is 0 Å². The molecule has 252 valence electrons. The third-order valence-electron chi connectivity index (χ3n) is 7.90. The van der Waals surface area contributed by atoms with Gasteiger partial charge in [0.1, 0.15) is 24.5 Å². The van der Waals surface area contributed by atoms with Gasteiger partial charge in [-0.05, 0) is 25.3 Å². The second-order valence-electron chi connectivity index (χ2n) is 11.9. The number of hydrogen-bond donors (Lipinski definition) is 8. The molecular weight excluding hydrogens is 600 g/mol. The van der Waals surface area contributed by atoms with Gasteiger partial charge in [0.2, 0.25) is 17.7 Å². The monoisotopic (exact) mass is 648 g/mol. The number of aliphatic hydroxyl groups is 5. The molecule has 8 N–H and O–H groups in total. The van der Waals surface area contributed by atoms with Gasteiger partial charge in [-0.25, -0.2) is 0 Å². The van der Waals surface area contributed by atoms with Crippen LogP contribution in [0, 0.1) is 17.8 Å². The zero-order valence-electron chi connectivity index (χ0n) is 25.8. The van der Waals surface area contributed by atoms with Crippen molar-refractivity contribution in [2.45, 2.75) is 102 Å². The molecule has 2 aliphatic heterocycles. The average Bonchev–Trinajstić information content (AvgIpc) is 3.24. The molecule has 0 saturated carbocycles. The van der Waals surface area contributed by atoms with Gasteiger partial charge in [-0.2, -0.15) is 0 Å². The van der Waals surface area contributed by atoms with Crippen LogP contribution in [0.5, 0.6) is 0 Å². The molecule has 0 spiro atoms. The number of amides is 3. The van der Waals surface area contributed by atoms with Gasteiger partial charge in [0.05, 0.1) is 23.7 Å². The highest BCUT2D eigenvalue weighted by molar-refractivity contribution is 8.01. The minimum atomic E-state index is -1.79. The molecule has 2 aliphatic rings. The van der Waals surface area contributed by atoms with Gasteiger partial charge in [-0.1, -0.05) is 34.6 Å². The number of thioether (sulfide) groups is 1. The lowest BCUT2D eigenvalue weighted by Gasteiger charge is -2.40. The number of Topliss-reactive ketones (excluding diaryl/α,β-unsaturated/α-hetero) is 2. The zero-order valence-corrected chi connectivity index (χ0v) is 26.7. The van der Waals surface area contributed by atoms with E-state index in [9.17, 15) is 44.4 Å². The maximum atomic E-state index is 12.8. The van der Waals surface area contributed by atoms with E-state index >= 15 is 0 Å². The molecule has 2 saturated heterocycles. The first-order valence-electron chi connectivity index (χ1n) is 14.9. The fraction of sp³-hybridized carbons (Fsp3) is 0.821. The normalized spacial score (nSPS) is 28.0. The summed E-state index contributed by atoms with van der Waals surface area (Å²) < 4.78 is 5.09. The van der Waals surface area contributed by atoms with E-state index < -0.39 is 96.0 Å². The number of ether oxygens (including phenoxy) is 1. The Kier molecular flexibility index (Phi) is 15.3. The lowest BCUT2D eigenvalue weighted by Crippen LogP contribution is -2.63. The molecule has 0 bridgehead atoms. The molecule has 15 nitrogen and oxygen atoms in total. The van der Waals surface area contributed by atoms with E-state index in [0.29, 0.717) is 12.8 Å². The molecule has 2 fully saturated rings. The molecule has 0 aromatic heterocycles. The Morgan fingerprint density at radius 2 is 1.70 bits per heavy atom. The number of ketones is 2. The standard InChI is InChI=1S/C28H48N4O11S/c1-13(2)15(5)25(39)30-24(21(36)14(3)4)31-26(40)16(34)12-44-18-10-19(35)32(27(18)41)9-7-6-8-29-20-23(38)22(37)17(11-33)43-28(20)42/h13-15,17-18,20,22-24,26,28-29,31,33,37-38,40,42H,6-12H2,1-5H3,(H,30,39)/t15?,17-,18?,20-,22-,23-,24?,26?,28?/m1/s1. The van der Waals surface area contributed by atoms with Gasteiger partial charge in [-0.15, -0.1) is 11.8 Å². The highest BCUT2D eigenvalue weighted by atomic mass is 32.2. The largest absolute Gasteiger partial charge is 0.394 e. The van der Waals surface area contributed by atoms with Crippen molar-refractivity contribution >= 4 is 41.0 Å². The Labute approximate surface area is 261 Å². The SMILES string of the molecule is CC(C)C(=O)C(NC(=O)C(C)C(C)C)NC(O)C(=O)CSC1CC(=O)N(CCCCN[C@H]2C(O)O[C@H](CO)[C@@H](O)[C@@H]2O)C1=O. The van der Waals surface area contributed by atoms with Crippen LogP contribution in [0.2, 0.25) is 0 Å². The predicted octanol–water partition coefficient (Wildman–Crippen LogP) is -2.55. The second kappa shape index (κ2) is 17.6. The van der Waals surface area contributed by atoms with Crippen LogP contribution in [0.25, 0.3) is 0 Å². The molecule has 0 aromatic rings. The summed E-state index contributed by atoms with van der Waals surface area (Å²) in [6.07, 6.45) is -7.66. The summed E-state index contributed by atoms with van der Waals surface area (Å²) in [5.41, 5.74) is 0. The molecule has 16 heteroatoms. The van der Waals surface area contributed by atoms with Crippen molar-refractivity contribution < 1.29 is 54.2 Å². The summed E-state index contributed by atoms with van der Waals surface area (Å²) in [7, 11) is 0. The molecule has 0 aromatic carbocycles. The van der Waals surface area contributed by atoms with E-state index in [0.717, 1.165) is 16.7 Å².